The quantitative estimate of drug-likeness (QED) is 0.495. The zero-order valence-electron chi connectivity index (χ0n) is 16.1. The molecule has 1 unspecified atom stereocenters. The van der Waals surface area contributed by atoms with Crippen molar-refractivity contribution in [2.24, 2.45) is 0 Å². The Kier molecular flexibility index (Phi) is 3.70. The predicted molar refractivity (Wildman–Crippen MR) is 108 cm³/mol. The van der Waals surface area contributed by atoms with Crippen LogP contribution in [0.1, 0.15) is 38.1 Å². The maximum Gasteiger partial charge on any atom is 0.208 e. The van der Waals surface area contributed by atoms with Crippen LogP contribution < -0.4 is 5.06 Å². The van der Waals surface area contributed by atoms with E-state index in [0.29, 0.717) is 0 Å². The Hall–Kier alpha value is -3.25. The van der Waals surface area contributed by atoms with Gasteiger partial charge < -0.3 is 0 Å². The molecule has 4 heterocycles. The molecule has 1 saturated heterocycles. The summed E-state index contributed by atoms with van der Waals surface area (Å²) in [5.41, 5.74) is 5.13. The van der Waals surface area contributed by atoms with Crippen LogP contribution >= 0.6 is 0 Å². The number of nitrogens with zero attached hydrogens (tertiary/aromatic N) is 5. The van der Waals surface area contributed by atoms with Crippen molar-refractivity contribution in [2.45, 2.75) is 32.4 Å². The van der Waals surface area contributed by atoms with E-state index in [0.717, 1.165) is 28.3 Å². The Morgan fingerprint density at radius 3 is 2.54 bits per heavy atom. The minimum Gasteiger partial charge on any atom is -0.264 e. The summed E-state index contributed by atoms with van der Waals surface area (Å²) in [6.45, 7) is 6.65. The zero-order valence-corrected chi connectivity index (χ0v) is 16.1. The molecule has 0 spiro atoms. The van der Waals surface area contributed by atoms with Gasteiger partial charge in [-0.15, -0.1) is 0 Å². The van der Waals surface area contributed by atoms with Crippen molar-refractivity contribution in [1.82, 2.24) is 19.6 Å². The molecule has 1 aromatic carbocycles. The van der Waals surface area contributed by atoms with E-state index in [4.69, 9.17) is 9.94 Å². The fourth-order valence-electron chi connectivity index (χ4n) is 3.30. The lowest BCUT2D eigenvalue weighted by molar-refractivity contribution is 0.399. The lowest BCUT2D eigenvalue weighted by Crippen LogP contribution is -2.10. The van der Waals surface area contributed by atoms with Gasteiger partial charge in [-0.3, -0.25) is 4.98 Å². The van der Waals surface area contributed by atoms with E-state index in [9.17, 15) is 0 Å². The van der Waals surface area contributed by atoms with Gasteiger partial charge in [0.25, 0.3) is 0 Å². The molecule has 3 aromatic heterocycles. The first kappa shape index (κ1) is 16.9. The van der Waals surface area contributed by atoms with Gasteiger partial charge in [-0.1, -0.05) is 45.0 Å². The van der Waals surface area contributed by atoms with Gasteiger partial charge in [-0.2, -0.15) is 14.7 Å². The van der Waals surface area contributed by atoms with E-state index < -0.39 is 0 Å². The van der Waals surface area contributed by atoms with Crippen molar-refractivity contribution in [2.75, 3.05) is 5.06 Å². The standard InChI is InChI=1S/C22H21N5O/c1-22(2,3)17-8-6-15(7-9-17)21-27(28-21)20-10-12-24-19-13-18(25-26(19)20)16-5-4-11-23-14-16/h4-14,21H,1-3H3. The lowest BCUT2D eigenvalue weighted by Gasteiger charge is -2.18. The number of rotatable bonds is 3. The molecule has 28 heavy (non-hydrogen) atoms. The minimum atomic E-state index is -0.106. The Morgan fingerprint density at radius 2 is 1.82 bits per heavy atom. The van der Waals surface area contributed by atoms with Gasteiger partial charge in [-0.25, -0.2) is 9.82 Å². The van der Waals surface area contributed by atoms with Crippen molar-refractivity contribution in [3.8, 4) is 11.3 Å². The normalized spacial score (nSPS) is 16.5. The van der Waals surface area contributed by atoms with E-state index in [-0.39, 0.29) is 11.6 Å². The summed E-state index contributed by atoms with van der Waals surface area (Å²) in [4.78, 5) is 14.5. The second-order valence-electron chi connectivity index (χ2n) is 8.00. The molecular weight excluding hydrogens is 350 g/mol. The molecule has 140 valence electrons. The number of hydrogen-bond acceptors (Lipinski definition) is 5. The van der Waals surface area contributed by atoms with E-state index in [1.165, 1.54) is 5.56 Å². The van der Waals surface area contributed by atoms with Crippen LogP contribution in [0.2, 0.25) is 0 Å². The van der Waals surface area contributed by atoms with Crippen LogP contribution in [0.25, 0.3) is 16.9 Å². The maximum absolute atomic E-state index is 5.87. The highest BCUT2D eigenvalue weighted by Crippen LogP contribution is 2.42. The van der Waals surface area contributed by atoms with Crippen molar-refractivity contribution in [3.63, 3.8) is 0 Å². The zero-order chi connectivity index (χ0) is 19.3. The number of aromatic nitrogens is 4. The molecule has 0 radical (unpaired) electrons. The van der Waals surface area contributed by atoms with Crippen LogP contribution in [0.5, 0.6) is 0 Å². The van der Waals surface area contributed by atoms with Gasteiger partial charge in [0.1, 0.15) is 0 Å². The highest BCUT2D eigenvalue weighted by atomic mass is 16.8. The summed E-state index contributed by atoms with van der Waals surface area (Å²) in [6, 6.07) is 16.4. The molecule has 6 heteroatoms. The van der Waals surface area contributed by atoms with Crippen LogP contribution in [-0.2, 0) is 10.3 Å². The molecule has 1 aliphatic heterocycles. The maximum atomic E-state index is 5.87. The monoisotopic (exact) mass is 371 g/mol. The molecule has 0 bridgehead atoms. The van der Waals surface area contributed by atoms with Crippen molar-refractivity contribution in [1.29, 1.82) is 0 Å². The summed E-state index contributed by atoms with van der Waals surface area (Å²) < 4.78 is 1.81. The fourth-order valence-corrected chi connectivity index (χ4v) is 3.30. The Labute approximate surface area is 163 Å². The summed E-state index contributed by atoms with van der Waals surface area (Å²) >= 11 is 0. The third-order valence-corrected chi connectivity index (χ3v) is 4.96. The topological polar surface area (TPSA) is 58.6 Å². The summed E-state index contributed by atoms with van der Waals surface area (Å²) in [5.74, 6) is 0.852. The van der Waals surface area contributed by atoms with E-state index in [1.807, 2.05) is 33.8 Å². The molecule has 0 N–H and O–H groups in total. The summed E-state index contributed by atoms with van der Waals surface area (Å²) in [7, 11) is 0. The van der Waals surface area contributed by atoms with Crippen LogP contribution in [0.4, 0.5) is 5.82 Å². The largest absolute Gasteiger partial charge is 0.264 e. The molecule has 4 aromatic rings. The van der Waals surface area contributed by atoms with Crippen molar-refractivity contribution in [3.05, 3.63) is 78.2 Å². The lowest BCUT2D eigenvalue weighted by atomic mass is 9.87. The van der Waals surface area contributed by atoms with Gasteiger partial charge in [0.15, 0.2) is 11.5 Å². The predicted octanol–water partition coefficient (Wildman–Crippen LogP) is 4.54. The van der Waals surface area contributed by atoms with E-state index in [2.05, 4.69) is 55.0 Å². The van der Waals surface area contributed by atoms with Crippen LogP contribution in [0, 0.1) is 0 Å². The second kappa shape index (κ2) is 6.14. The van der Waals surface area contributed by atoms with Crippen molar-refractivity contribution >= 4 is 11.5 Å². The average Bonchev–Trinajstić information content (AvgIpc) is 3.37. The molecule has 1 aliphatic rings. The Morgan fingerprint density at radius 1 is 1.00 bits per heavy atom. The third-order valence-electron chi connectivity index (χ3n) is 4.96. The van der Waals surface area contributed by atoms with Crippen LogP contribution in [0.3, 0.4) is 0 Å². The smallest absolute Gasteiger partial charge is 0.208 e. The summed E-state index contributed by atoms with van der Waals surface area (Å²) in [5, 5.41) is 6.57. The number of hydrogen-bond donors (Lipinski definition) is 0. The van der Waals surface area contributed by atoms with E-state index >= 15 is 0 Å². The fraction of sp³-hybridized carbons (Fsp3) is 0.227. The van der Waals surface area contributed by atoms with Gasteiger partial charge in [0.2, 0.25) is 6.23 Å². The van der Waals surface area contributed by atoms with Gasteiger partial charge in [-0.05, 0) is 23.1 Å². The molecular formula is C22H21N5O. The molecule has 0 aliphatic carbocycles. The Bertz CT molecular complexity index is 1130. The Balaban J connectivity index is 1.45. The number of benzene rings is 1. The number of anilines is 1. The number of hydroxylamine groups is 1. The first-order valence-electron chi connectivity index (χ1n) is 9.32. The van der Waals surface area contributed by atoms with Crippen LogP contribution in [-0.4, -0.2) is 19.6 Å². The first-order chi connectivity index (χ1) is 13.5. The average molecular weight is 371 g/mol. The molecule has 5 rings (SSSR count). The highest BCUT2D eigenvalue weighted by molar-refractivity contribution is 5.65. The van der Waals surface area contributed by atoms with Crippen molar-refractivity contribution < 1.29 is 4.84 Å². The van der Waals surface area contributed by atoms with Crippen LogP contribution in [0.15, 0.2) is 67.1 Å². The third kappa shape index (κ3) is 2.92. The highest BCUT2D eigenvalue weighted by Gasteiger charge is 2.40. The molecule has 1 fully saturated rings. The molecule has 6 nitrogen and oxygen atoms in total. The van der Waals surface area contributed by atoms with Gasteiger partial charge >= 0.3 is 0 Å². The first-order valence-corrected chi connectivity index (χ1v) is 9.32. The molecule has 1 atom stereocenters. The van der Waals surface area contributed by atoms with Gasteiger partial charge in [0.05, 0.1) is 5.69 Å². The summed E-state index contributed by atoms with van der Waals surface area (Å²) in [6.07, 6.45) is 5.23. The van der Waals surface area contributed by atoms with E-state index in [1.54, 1.807) is 18.6 Å². The molecule has 0 amide bonds. The SMILES string of the molecule is CC(C)(C)c1ccc(C2ON2c2ccnc3cc(-c4cccnc4)nn23)cc1. The molecule has 0 saturated carbocycles. The van der Waals surface area contributed by atoms with Gasteiger partial charge in [0, 0.05) is 41.9 Å². The second-order valence-corrected chi connectivity index (χ2v) is 8.00. The number of fused-ring (bicyclic) bond motifs is 1. The minimum absolute atomic E-state index is 0.106. The number of pyridine rings is 1.